The molecule has 0 heterocycles. The van der Waals surface area contributed by atoms with Gasteiger partial charge in [-0.3, -0.25) is 0 Å². The average molecular weight is 817 g/mol. The minimum Gasteiger partial charge on any atom is -0.311 e. The molecule has 0 N–H and O–H groups in total. The van der Waals surface area contributed by atoms with Gasteiger partial charge in [0.25, 0.3) is 0 Å². The van der Waals surface area contributed by atoms with Crippen LogP contribution in [-0.4, -0.2) is 0 Å². The minimum absolute atomic E-state index is 0.536. The SMILES string of the molecule is c1ccc(N(c2ccccc2)c2ccc(N(c3ccccc3)c3ccc4c(c3)-c3ccccc3C43c4ccccc4C(c4ccccc4)(c4ccccc4)c4ccccc43)cc2)cc1. The molecule has 12 rings (SSSR count). The van der Waals surface area contributed by atoms with E-state index in [-0.39, 0.29) is 0 Å². The van der Waals surface area contributed by atoms with Crippen molar-refractivity contribution in [2.24, 2.45) is 0 Å². The molecule has 0 saturated heterocycles. The number of fused-ring (bicyclic) bond motifs is 9. The van der Waals surface area contributed by atoms with Crippen molar-refractivity contribution in [1.29, 1.82) is 0 Å². The van der Waals surface area contributed by atoms with Gasteiger partial charge in [0.05, 0.1) is 10.8 Å². The van der Waals surface area contributed by atoms with Gasteiger partial charge in [0.15, 0.2) is 0 Å². The highest BCUT2D eigenvalue weighted by atomic mass is 15.2. The largest absolute Gasteiger partial charge is 0.311 e. The summed E-state index contributed by atoms with van der Waals surface area (Å²) in [6.07, 6.45) is 0. The van der Waals surface area contributed by atoms with Crippen LogP contribution in [0.4, 0.5) is 34.1 Å². The first-order valence-corrected chi connectivity index (χ1v) is 22.2. The lowest BCUT2D eigenvalue weighted by molar-refractivity contribution is 0.623. The van der Waals surface area contributed by atoms with E-state index in [1.165, 1.54) is 55.6 Å². The Morgan fingerprint density at radius 3 is 0.938 bits per heavy atom. The number of benzene rings is 10. The van der Waals surface area contributed by atoms with E-state index in [0.29, 0.717) is 0 Å². The summed E-state index contributed by atoms with van der Waals surface area (Å²) >= 11 is 0. The third-order valence-corrected chi connectivity index (χ3v) is 13.6. The Kier molecular flexibility index (Phi) is 8.98. The Hall–Kier alpha value is -8.20. The van der Waals surface area contributed by atoms with Crippen molar-refractivity contribution >= 4 is 34.1 Å². The molecule has 0 saturated carbocycles. The third-order valence-electron chi connectivity index (χ3n) is 13.6. The predicted molar refractivity (Wildman–Crippen MR) is 265 cm³/mol. The van der Waals surface area contributed by atoms with Crippen molar-refractivity contribution in [3.8, 4) is 11.1 Å². The molecule has 0 amide bonds. The zero-order chi connectivity index (χ0) is 42.5. The number of hydrogen-bond acceptors (Lipinski definition) is 2. The van der Waals surface area contributed by atoms with Crippen molar-refractivity contribution < 1.29 is 0 Å². The highest BCUT2D eigenvalue weighted by molar-refractivity contribution is 5.92. The predicted octanol–water partition coefficient (Wildman–Crippen LogP) is 15.7. The second-order valence-electron chi connectivity index (χ2n) is 16.8. The highest BCUT2D eigenvalue weighted by Crippen LogP contribution is 2.65. The Morgan fingerprint density at radius 2 is 0.500 bits per heavy atom. The maximum Gasteiger partial charge on any atom is 0.0720 e. The van der Waals surface area contributed by atoms with Gasteiger partial charge in [-0.05, 0) is 128 Å². The van der Waals surface area contributed by atoms with E-state index in [1.54, 1.807) is 0 Å². The van der Waals surface area contributed by atoms with E-state index in [1.807, 2.05) is 0 Å². The van der Waals surface area contributed by atoms with E-state index in [0.717, 1.165) is 34.1 Å². The first kappa shape index (κ1) is 37.6. The third kappa shape index (κ3) is 5.59. The number of hydrogen-bond donors (Lipinski definition) is 0. The molecule has 302 valence electrons. The summed E-state index contributed by atoms with van der Waals surface area (Å²) < 4.78 is 0. The fraction of sp³-hybridized carbons (Fsp3) is 0.0323. The van der Waals surface area contributed by atoms with E-state index >= 15 is 0 Å². The van der Waals surface area contributed by atoms with E-state index in [9.17, 15) is 0 Å². The number of nitrogens with zero attached hydrogens (tertiary/aromatic N) is 2. The lowest BCUT2D eigenvalue weighted by atomic mass is 9.51. The average Bonchev–Trinajstić information content (AvgIpc) is 3.66. The molecule has 0 bridgehead atoms. The quantitative estimate of drug-likeness (QED) is 0.151. The molecule has 0 radical (unpaired) electrons. The molecule has 10 aromatic carbocycles. The molecule has 0 atom stereocenters. The van der Waals surface area contributed by atoms with Crippen molar-refractivity contribution in [2.45, 2.75) is 10.8 Å². The summed E-state index contributed by atoms with van der Waals surface area (Å²) in [6.45, 7) is 0. The van der Waals surface area contributed by atoms with Gasteiger partial charge in [0.2, 0.25) is 0 Å². The van der Waals surface area contributed by atoms with Crippen molar-refractivity contribution in [3.05, 3.63) is 311 Å². The topological polar surface area (TPSA) is 6.48 Å². The maximum atomic E-state index is 2.44. The van der Waals surface area contributed by atoms with Gasteiger partial charge >= 0.3 is 0 Å². The van der Waals surface area contributed by atoms with Crippen LogP contribution in [0.25, 0.3) is 11.1 Å². The summed E-state index contributed by atoms with van der Waals surface area (Å²) in [5.74, 6) is 0. The van der Waals surface area contributed by atoms with Crippen molar-refractivity contribution in [1.82, 2.24) is 0 Å². The number of para-hydroxylation sites is 3. The monoisotopic (exact) mass is 816 g/mol. The highest BCUT2D eigenvalue weighted by Gasteiger charge is 2.56. The molecule has 0 aliphatic heterocycles. The smallest absolute Gasteiger partial charge is 0.0720 e. The summed E-state index contributed by atoms with van der Waals surface area (Å²) in [5.41, 5.74) is 18.4. The van der Waals surface area contributed by atoms with Crippen molar-refractivity contribution in [3.63, 3.8) is 0 Å². The molecule has 1 spiro atoms. The molecule has 0 aromatic heterocycles. The lowest BCUT2D eigenvalue weighted by Gasteiger charge is -2.50. The zero-order valence-corrected chi connectivity index (χ0v) is 35.3. The molecular weight excluding hydrogens is 773 g/mol. The summed E-state index contributed by atoms with van der Waals surface area (Å²) in [7, 11) is 0. The minimum atomic E-state index is -0.553. The summed E-state index contributed by atoms with van der Waals surface area (Å²) in [5, 5.41) is 0. The summed E-state index contributed by atoms with van der Waals surface area (Å²) in [4.78, 5) is 4.71. The summed E-state index contributed by atoms with van der Waals surface area (Å²) in [6, 6.07) is 98.0. The van der Waals surface area contributed by atoms with Gasteiger partial charge < -0.3 is 9.80 Å². The second kappa shape index (κ2) is 15.3. The molecule has 64 heavy (non-hydrogen) atoms. The van der Waals surface area contributed by atoms with Gasteiger partial charge in [-0.1, -0.05) is 194 Å². The Balaban J connectivity index is 1.06. The van der Waals surface area contributed by atoms with Gasteiger partial charge in [-0.25, -0.2) is 0 Å². The van der Waals surface area contributed by atoms with E-state index in [4.69, 9.17) is 0 Å². The lowest BCUT2D eigenvalue weighted by Crippen LogP contribution is -2.44. The van der Waals surface area contributed by atoms with Crippen LogP contribution in [-0.2, 0) is 10.8 Å². The van der Waals surface area contributed by atoms with Crippen LogP contribution < -0.4 is 9.80 Å². The fourth-order valence-corrected chi connectivity index (χ4v) is 11.1. The fourth-order valence-electron chi connectivity index (χ4n) is 11.1. The van der Waals surface area contributed by atoms with Crippen LogP contribution in [0.1, 0.15) is 44.5 Å². The Morgan fingerprint density at radius 1 is 0.203 bits per heavy atom. The van der Waals surface area contributed by atoms with Crippen LogP contribution in [0.2, 0.25) is 0 Å². The van der Waals surface area contributed by atoms with Gasteiger partial charge in [-0.15, -0.1) is 0 Å². The molecule has 10 aromatic rings. The molecule has 2 heteroatoms. The normalized spacial score (nSPS) is 13.6. The van der Waals surface area contributed by atoms with E-state index < -0.39 is 10.8 Å². The van der Waals surface area contributed by atoms with Gasteiger partial charge in [0, 0.05) is 34.1 Å². The van der Waals surface area contributed by atoms with Gasteiger partial charge in [-0.2, -0.15) is 0 Å². The van der Waals surface area contributed by atoms with Crippen LogP contribution >= 0.6 is 0 Å². The van der Waals surface area contributed by atoms with Crippen LogP contribution in [0, 0.1) is 0 Å². The Bertz CT molecular complexity index is 3130. The molecule has 2 aliphatic carbocycles. The van der Waals surface area contributed by atoms with E-state index in [2.05, 4.69) is 277 Å². The Labute approximate surface area is 375 Å². The van der Waals surface area contributed by atoms with Crippen molar-refractivity contribution in [2.75, 3.05) is 9.80 Å². The molecule has 0 fully saturated rings. The van der Waals surface area contributed by atoms with Gasteiger partial charge in [0.1, 0.15) is 0 Å². The standard InChI is InChI=1S/C62H44N2/c1-6-22-45(23-7-1)61(46-24-8-2-9-25-46)57-34-18-20-36-59(57)62(60-37-21-19-35-58(60)61)55-33-17-16-32-53(55)54-44-52(42-43-56(54)62)64(49-30-14-5-15-31-49)51-40-38-50(39-41-51)63(47-26-10-3-11-27-47)48-28-12-4-13-29-48/h1-44H. The molecular formula is C62H44N2. The molecule has 0 unspecified atom stereocenters. The first-order valence-electron chi connectivity index (χ1n) is 22.2. The van der Waals surface area contributed by atoms with Crippen LogP contribution in [0.5, 0.6) is 0 Å². The molecule has 2 nitrogen and oxygen atoms in total. The molecule has 2 aliphatic rings. The number of anilines is 6. The second-order valence-corrected chi connectivity index (χ2v) is 16.8. The van der Waals surface area contributed by atoms with Crippen LogP contribution in [0.15, 0.2) is 267 Å². The number of rotatable bonds is 8. The zero-order valence-electron chi connectivity index (χ0n) is 35.3. The maximum absolute atomic E-state index is 2.44. The first-order chi connectivity index (χ1) is 31.8. The van der Waals surface area contributed by atoms with Crippen LogP contribution in [0.3, 0.4) is 0 Å².